The summed E-state index contributed by atoms with van der Waals surface area (Å²) >= 11 is 3.23. The normalized spacial score (nSPS) is 17.5. The minimum absolute atomic E-state index is 0.137. The average molecular weight is 484 g/mol. The Morgan fingerprint density at radius 1 is 1.18 bits per heavy atom. The van der Waals surface area contributed by atoms with Gasteiger partial charge in [-0.25, -0.2) is 15.0 Å². The first kappa shape index (κ1) is 22.4. The molecule has 1 saturated carbocycles. The first-order valence-corrected chi connectivity index (χ1v) is 13.4. The van der Waals surface area contributed by atoms with Crippen molar-refractivity contribution in [1.29, 1.82) is 0 Å². The Morgan fingerprint density at radius 2 is 1.97 bits per heavy atom. The van der Waals surface area contributed by atoms with Gasteiger partial charge in [0.25, 0.3) is 5.91 Å². The standard InChI is InChI=1S/C23H29N7OS2/c1-29-10-11-30(15-23(29)6-7-23)20(31)16-4-5-18-19(12-16)33-22(28-18)25-9-3-8-24-21-26-13-17(32-2)14-27-21/h4-5,12-14H,3,6-11,15H2,1-2H3,(H,25,28)(H,24,26,27). The third kappa shape index (κ3) is 4.92. The molecule has 0 unspecified atom stereocenters. The number of nitrogens with zero attached hydrogens (tertiary/aromatic N) is 5. The van der Waals surface area contributed by atoms with Gasteiger partial charge in [0.15, 0.2) is 5.13 Å². The second-order valence-corrected chi connectivity index (χ2v) is 10.6. The smallest absolute Gasteiger partial charge is 0.254 e. The van der Waals surface area contributed by atoms with Gasteiger partial charge in [0.2, 0.25) is 5.95 Å². The van der Waals surface area contributed by atoms with Crippen LogP contribution in [0.1, 0.15) is 29.6 Å². The van der Waals surface area contributed by atoms with E-state index in [0.717, 1.165) is 65.0 Å². The van der Waals surface area contributed by atoms with Crippen LogP contribution in [0, 0.1) is 0 Å². The van der Waals surface area contributed by atoms with Crippen molar-refractivity contribution >= 4 is 50.3 Å². The number of fused-ring (bicyclic) bond motifs is 1. The first-order valence-electron chi connectivity index (χ1n) is 11.3. The maximum absolute atomic E-state index is 13.1. The summed E-state index contributed by atoms with van der Waals surface area (Å²) in [6.45, 7) is 4.17. The van der Waals surface area contributed by atoms with Gasteiger partial charge >= 0.3 is 0 Å². The fraction of sp³-hybridized carbons (Fsp3) is 0.478. The van der Waals surface area contributed by atoms with Crippen LogP contribution in [0.3, 0.4) is 0 Å². The number of piperazine rings is 1. The molecule has 2 fully saturated rings. The van der Waals surface area contributed by atoms with Crippen LogP contribution in [0.5, 0.6) is 0 Å². The maximum atomic E-state index is 13.1. The van der Waals surface area contributed by atoms with Gasteiger partial charge < -0.3 is 15.5 Å². The number of hydrogen-bond donors (Lipinski definition) is 2. The molecule has 1 saturated heterocycles. The summed E-state index contributed by atoms with van der Waals surface area (Å²) < 4.78 is 1.04. The lowest BCUT2D eigenvalue weighted by atomic mass is 10.1. The zero-order valence-electron chi connectivity index (χ0n) is 19.0. The molecule has 2 N–H and O–H groups in total. The Morgan fingerprint density at radius 3 is 2.73 bits per heavy atom. The number of aromatic nitrogens is 3. The fourth-order valence-electron chi connectivity index (χ4n) is 4.23. The molecule has 3 heterocycles. The highest BCUT2D eigenvalue weighted by Gasteiger charge is 2.50. The molecule has 0 atom stereocenters. The number of nitrogens with one attached hydrogen (secondary N) is 2. The van der Waals surface area contributed by atoms with Gasteiger partial charge in [-0.15, -0.1) is 11.8 Å². The molecule has 0 radical (unpaired) electrons. The van der Waals surface area contributed by atoms with Gasteiger partial charge in [-0.05, 0) is 50.8 Å². The molecular formula is C23H29N7OS2. The zero-order chi connectivity index (χ0) is 22.8. The van der Waals surface area contributed by atoms with Crippen LogP contribution < -0.4 is 10.6 Å². The summed E-state index contributed by atoms with van der Waals surface area (Å²) in [6, 6.07) is 5.87. The van der Waals surface area contributed by atoms with Crippen LogP contribution in [0.2, 0.25) is 0 Å². The van der Waals surface area contributed by atoms with E-state index in [1.165, 1.54) is 12.8 Å². The molecule has 3 aromatic rings. The number of carbonyl (C=O) groups is 1. The molecule has 1 aromatic carbocycles. The highest BCUT2D eigenvalue weighted by molar-refractivity contribution is 7.98. The fourth-order valence-corrected chi connectivity index (χ4v) is 5.48. The largest absolute Gasteiger partial charge is 0.361 e. The maximum Gasteiger partial charge on any atom is 0.254 e. The quantitative estimate of drug-likeness (QED) is 0.371. The third-order valence-electron chi connectivity index (χ3n) is 6.53. The first-order chi connectivity index (χ1) is 16.1. The monoisotopic (exact) mass is 483 g/mol. The summed E-state index contributed by atoms with van der Waals surface area (Å²) in [5.74, 6) is 0.788. The Hall–Kier alpha value is -2.43. The second kappa shape index (κ2) is 9.44. The van der Waals surface area contributed by atoms with E-state index in [0.29, 0.717) is 5.95 Å². The minimum Gasteiger partial charge on any atom is -0.361 e. The van der Waals surface area contributed by atoms with Crippen molar-refractivity contribution in [2.24, 2.45) is 0 Å². The van der Waals surface area contributed by atoms with E-state index in [9.17, 15) is 4.79 Å². The van der Waals surface area contributed by atoms with Crippen molar-refractivity contribution in [2.75, 3.05) is 56.7 Å². The third-order valence-corrected chi connectivity index (χ3v) is 8.18. The van der Waals surface area contributed by atoms with E-state index in [1.54, 1.807) is 23.1 Å². The number of thiazole rings is 1. The number of thioether (sulfide) groups is 1. The van der Waals surface area contributed by atoms with Crippen LogP contribution in [-0.4, -0.2) is 82.2 Å². The highest BCUT2D eigenvalue weighted by atomic mass is 32.2. The summed E-state index contributed by atoms with van der Waals surface area (Å²) in [4.78, 5) is 31.9. The average Bonchev–Trinajstić information content (AvgIpc) is 3.49. The van der Waals surface area contributed by atoms with E-state index < -0.39 is 0 Å². The molecule has 1 spiro atoms. The number of carbonyl (C=O) groups excluding carboxylic acids is 1. The Labute approximate surface area is 202 Å². The molecule has 0 bridgehead atoms. The van der Waals surface area contributed by atoms with Gasteiger partial charge in [0.05, 0.1) is 10.2 Å². The van der Waals surface area contributed by atoms with Crippen molar-refractivity contribution in [1.82, 2.24) is 24.8 Å². The van der Waals surface area contributed by atoms with Crippen LogP contribution in [0.25, 0.3) is 10.2 Å². The summed E-state index contributed by atoms with van der Waals surface area (Å²) in [7, 11) is 2.18. The van der Waals surface area contributed by atoms with Crippen LogP contribution >= 0.6 is 23.1 Å². The molecule has 1 aliphatic heterocycles. The predicted octanol–water partition coefficient (Wildman–Crippen LogP) is 3.64. The lowest BCUT2D eigenvalue weighted by Gasteiger charge is -2.40. The molecule has 5 rings (SSSR count). The highest BCUT2D eigenvalue weighted by Crippen LogP contribution is 2.43. The van der Waals surface area contributed by atoms with Crippen molar-refractivity contribution in [2.45, 2.75) is 29.7 Å². The summed E-state index contributed by atoms with van der Waals surface area (Å²) in [5, 5.41) is 7.52. The lowest BCUT2D eigenvalue weighted by molar-refractivity contribution is 0.0497. The predicted molar refractivity (Wildman–Crippen MR) is 136 cm³/mol. The van der Waals surface area contributed by atoms with Crippen molar-refractivity contribution in [3.8, 4) is 0 Å². The molecule has 33 heavy (non-hydrogen) atoms. The number of hydrogen-bond acceptors (Lipinski definition) is 9. The van der Waals surface area contributed by atoms with Crippen molar-refractivity contribution < 1.29 is 4.79 Å². The number of amides is 1. The Bertz CT molecular complexity index is 1130. The Kier molecular flexibility index (Phi) is 6.40. The molecule has 1 aliphatic carbocycles. The lowest BCUT2D eigenvalue weighted by Crippen LogP contribution is -2.54. The zero-order valence-corrected chi connectivity index (χ0v) is 20.6. The molecule has 8 nitrogen and oxygen atoms in total. The topological polar surface area (TPSA) is 86.3 Å². The minimum atomic E-state index is 0.137. The number of rotatable bonds is 8. The van der Waals surface area contributed by atoms with Gasteiger partial charge in [-0.1, -0.05) is 11.3 Å². The molecule has 174 valence electrons. The molecule has 2 aromatic heterocycles. The van der Waals surface area contributed by atoms with E-state index in [1.807, 2.05) is 41.7 Å². The second-order valence-electron chi connectivity index (χ2n) is 8.73. The Balaban J connectivity index is 1.13. The van der Waals surface area contributed by atoms with Crippen molar-refractivity contribution in [3.05, 3.63) is 36.2 Å². The van der Waals surface area contributed by atoms with Gasteiger partial charge in [-0.2, -0.15) is 0 Å². The van der Waals surface area contributed by atoms with Gasteiger partial charge in [-0.3, -0.25) is 9.69 Å². The summed E-state index contributed by atoms with van der Waals surface area (Å²) in [5.41, 5.74) is 1.92. The van der Waals surface area contributed by atoms with Crippen LogP contribution in [0.4, 0.5) is 11.1 Å². The van der Waals surface area contributed by atoms with E-state index >= 15 is 0 Å². The van der Waals surface area contributed by atoms with E-state index in [2.05, 4.69) is 37.5 Å². The van der Waals surface area contributed by atoms with Crippen molar-refractivity contribution in [3.63, 3.8) is 0 Å². The molecule has 10 heteroatoms. The SMILES string of the molecule is CSc1cnc(NCCCNc2nc3ccc(C(=O)N4CCN(C)C5(CC5)C4)cc3s2)nc1. The van der Waals surface area contributed by atoms with Crippen LogP contribution in [-0.2, 0) is 0 Å². The number of anilines is 2. The molecule has 1 amide bonds. The van der Waals surface area contributed by atoms with E-state index in [-0.39, 0.29) is 11.4 Å². The van der Waals surface area contributed by atoms with Gasteiger partial charge in [0.1, 0.15) is 0 Å². The van der Waals surface area contributed by atoms with Gasteiger partial charge in [0, 0.05) is 61.1 Å². The summed E-state index contributed by atoms with van der Waals surface area (Å²) in [6.07, 6.45) is 8.97. The van der Waals surface area contributed by atoms with Crippen LogP contribution in [0.15, 0.2) is 35.5 Å². The molecular weight excluding hydrogens is 454 g/mol. The number of benzene rings is 1. The van der Waals surface area contributed by atoms with E-state index in [4.69, 9.17) is 0 Å². The molecule has 2 aliphatic rings. The number of likely N-dealkylation sites (N-methyl/N-ethyl adjacent to an activating group) is 1.